The molecule has 0 bridgehead atoms. The summed E-state index contributed by atoms with van der Waals surface area (Å²) in [6.07, 6.45) is 6.38. The number of nitrogens with one attached hydrogen (secondary N) is 3. The third-order valence-electron chi connectivity index (χ3n) is 7.63. The van der Waals surface area contributed by atoms with E-state index in [0.29, 0.717) is 26.2 Å². The van der Waals surface area contributed by atoms with Crippen molar-refractivity contribution in [1.82, 2.24) is 19.8 Å². The summed E-state index contributed by atoms with van der Waals surface area (Å²) in [7, 11) is -4.07. The van der Waals surface area contributed by atoms with Crippen LogP contribution < -0.4 is 15.8 Å². The number of benzene rings is 2. The minimum absolute atomic E-state index is 0.0213. The quantitative estimate of drug-likeness (QED) is 0.290. The summed E-state index contributed by atoms with van der Waals surface area (Å²) >= 11 is 0. The number of sulfonamides is 1. The first-order valence-corrected chi connectivity index (χ1v) is 15.4. The number of amides is 2. The van der Waals surface area contributed by atoms with Crippen LogP contribution in [0.3, 0.4) is 0 Å². The van der Waals surface area contributed by atoms with E-state index in [0.717, 1.165) is 62.3 Å². The Morgan fingerprint density at radius 2 is 1.62 bits per heavy atom. The van der Waals surface area contributed by atoms with E-state index in [1.54, 1.807) is 21.9 Å². The number of guanidine groups is 1. The molecule has 2 aromatic rings. The summed E-state index contributed by atoms with van der Waals surface area (Å²) in [6.45, 7) is 2.79. The number of rotatable bonds is 8. The van der Waals surface area contributed by atoms with Gasteiger partial charge in [-0.25, -0.2) is 8.42 Å². The molecular formula is C28H40N6O4S. The average Bonchev–Trinajstić information content (AvgIpc) is 2.91. The maximum Gasteiger partial charge on any atom is 0.241 e. The van der Waals surface area contributed by atoms with Gasteiger partial charge in [-0.15, -0.1) is 0 Å². The Labute approximate surface area is 230 Å². The molecule has 39 heavy (non-hydrogen) atoms. The van der Waals surface area contributed by atoms with Gasteiger partial charge in [-0.05, 0) is 54.5 Å². The Kier molecular flexibility index (Phi) is 9.79. The van der Waals surface area contributed by atoms with Gasteiger partial charge in [0.1, 0.15) is 6.04 Å². The van der Waals surface area contributed by atoms with E-state index in [1.165, 1.54) is 6.07 Å². The molecule has 4 rings (SSSR count). The highest BCUT2D eigenvalue weighted by atomic mass is 32.2. The SMILES string of the molecule is N=C(N)N1CCC[C@H](CNC(=O)C[C@H](NS(=O)(=O)c2ccc3ccccc3c2)C(=O)N2CCCCCCC2)C1. The third kappa shape index (κ3) is 7.92. The number of piperidine rings is 1. The van der Waals surface area contributed by atoms with Gasteiger partial charge in [0, 0.05) is 32.7 Å². The van der Waals surface area contributed by atoms with Crippen molar-refractivity contribution in [2.45, 2.75) is 62.3 Å². The molecule has 2 fully saturated rings. The summed E-state index contributed by atoms with van der Waals surface area (Å²) in [6, 6.07) is 11.1. The smallest absolute Gasteiger partial charge is 0.241 e. The topological polar surface area (TPSA) is 149 Å². The van der Waals surface area contributed by atoms with Gasteiger partial charge in [-0.2, -0.15) is 4.72 Å². The van der Waals surface area contributed by atoms with Gasteiger partial charge < -0.3 is 20.9 Å². The van der Waals surface area contributed by atoms with Gasteiger partial charge >= 0.3 is 0 Å². The lowest BCUT2D eigenvalue weighted by atomic mass is 9.98. The van der Waals surface area contributed by atoms with Gasteiger partial charge in [0.2, 0.25) is 21.8 Å². The molecule has 0 unspecified atom stereocenters. The van der Waals surface area contributed by atoms with Crippen molar-refractivity contribution in [1.29, 1.82) is 5.41 Å². The Bertz CT molecular complexity index is 1280. The Morgan fingerprint density at radius 1 is 0.949 bits per heavy atom. The molecule has 2 aliphatic heterocycles. The molecule has 2 saturated heterocycles. The lowest BCUT2D eigenvalue weighted by Crippen LogP contribution is -2.51. The predicted molar refractivity (Wildman–Crippen MR) is 152 cm³/mol. The maximum absolute atomic E-state index is 13.6. The zero-order chi connectivity index (χ0) is 27.8. The van der Waals surface area contributed by atoms with Crippen LogP contribution in [0, 0.1) is 11.3 Å². The summed E-state index contributed by atoms with van der Waals surface area (Å²) in [4.78, 5) is 30.2. The number of hydrogen-bond donors (Lipinski definition) is 4. The second-order valence-corrected chi connectivity index (χ2v) is 12.3. The fourth-order valence-corrected chi connectivity index (χ4v) is 6.65. The third-order valence-corrected chi connectivity index (χ3v) is 9.10. The van der Waals surface area contributed by atoms with E-state index in [2.05, 4.69) is 10.0 Å². The lowest BCUT2D eigenvalue weighted by Gasteiger charge is -2.33. The van der Waals surface area contributed by atoms with E-state index < -0.39 is 16.1 Å². The van der Waals surface area contributed by atoms with Crippen molar-refractivity contribution in [2.24, 2.45) is 11.7 Å². The highest BCUT2D eigenvalue weighted by molar-refractivity contribution is 7.89. The zero-order valence-corrected chi connectivity index (χ0v) is 23.2. The Morgan fingerprint density at radius 3 is 2.33 bits per heavy atom. The molecule has 2 aromatic carbocycles. The minimum atomic E-state index is -4.07. The van der Waals surface area contributed by atoms with Crippen molar-refractivity contribution >= 4 is 38.6 Å². The monoisotopic (exact) mass is 556 g/mol. The van der Waals surface area contributed by atoms with E-state index >= 15 is 0 Å². The van der Waals surface area contributed by atoms with Crippen molar-refractivity contribution < 1.29 is 18.0 Å². The molecule has 0 saturated carbocycles. The molecule has 0 aliphatic carbocycles. The Hall–Kier alpha value is -3.18. The number of hydrogen-bond acceptors (Lipinski definition) is 5. The molecule has 0 radical (unpaired) electrons. The second kappa shape index (κ2) is 13.3. The molecule has 0 spiro atoms. The first-order chi connectivity index (χ1) is 18.7. The molecule has 2 heterocycles. The first kappa shape index (κ1) is 28.8. The van der Waals surface area contributed by atoms with Crippen LogP contribution in [-0.4, -0.2) is 74.8 Å². The largest absolute Gasteiger partial charge is 0.370 e. The number of nitrogens with zero attached hydrogens (tertiary/aromatic N) is 2. The molecule has 5 N–H and O–H groups in total. The molecular weight excluding hydrogens is 516 g/mol. The summed E-state index contributed by atoms with van der Waals surface area (Å²) in [5, 5.41) is 12.2. The number of carbonyl (C=O) groups excluding carboxylic acids is 2. The average molecular weight is 557 g/mol. The first-order valence-electron chi connectivity index (χ1n) is 13.9. The maximum atomic E-state index is 13.6. The summed E-state index contributed by atoms with van der Waals surface area (Å²) in [5.74, 6) is -0.601. The molecule has 2 amide bonds. The van der Waals surface area contributed by atoms with Crippen molar-refractivity contribution in [3.05, 3.63) is 42.5 Å². The summed E-state index contributed by atoms with van der Waals surface area (Å²) < 4.78 is 29.4. The van der Waals surface area contributed by atoms with Gasteiger partial charge in [0.15, 0.2) is 5.96 Å². The number of nitrogens with two attached hydrogens (primary N) is 1. The van der Waals surface area contributed by atoms with Crippen LogP contribution >= 0.6 is 0 Å². The van der Waals surface area contributed by atoms with Crippen LogP contribution in [0.4, 0.5) is 0 Å². The van der Waals surface area contributed by atoms with Gasteiger partial charge in [0.25, 0.3) is 0 Å². The number of likely N-dealkylation sites (tertiary alicyclic amines) is 2. The van der Waals surface area contributed by atoms with E-state index in [4.69, 9.17) is 11.1 Å². The lowest BCUT2D eigenvalue weighted by molar-refractivity contribution is -0.136. The molecule has 11 heteroatoms. The normalized spacial score (nSPS) is 19.6. The van der Waals surface area contributed by atoms with E-state index in [-0.39, 0.29) is 35.0 Å². The van der Waals surface area contributed by atoms with Gasteiger partial charge in [-0.1, -0.05) is 49.6 Å². The molecule has 212 valence electrons. The van der Waals surface area contributed by atoms with Crippen molar-refractivity contribution in [3.8, 4) is 0 Å². The fourth-order valence-electron chi connectivity index (χ4n) is 5.42. The van der Waals surface area contributed by atoms with E-state index in [9.17, 15) is 18.0 Å². The van der Waals surface area contributed by atoms with Crippen LogP contribution in [0.25, 0.3) is 10.8 Å². The zero-order valence-electron chi connectivity index (χ0n) is 22.4. The van der Waals surface area contributed by atoms with Crippen molar-refractivity contribution in [3.63, 3.8) is 0 Å². The fraction of sp³-hybridized carbons (Fsp3) is 0.536. The number of carbonyl (C=O) groups is 2. The predicted octanol–water partition coefficient (Wildman–Crippen LogP) is 2.39. The van der Waals surface area contributed by atoms with Crippen molar-refractivity contribution in [2.75, 3.05) is 32.7 Å². The highest BCUT2D eigenvalue weighted by Gasteiger charge is 2.32. The van der Waals surface area contributed by atoms with Gasteiger partial charge in [0.05, 0.1) is 11.3 Å². The molecule has 10 nitrogen and oxygen atoms in total. The molecule has 2 atom stereocenters. The second-order valence-electron chi connectivity index (χ2n) is 10.6. The van der Waals surface area contributed by atoms with Crippen LogP contribution in [0.2, 0.25) is 0 Å². The summed E-state index contributed by atoms with van der Waals surface area (Å²) in [5.41, 5.74) is 5.63. The Balaban J connectivity index is 1.48. The standard InChI is InChI=1S/C28H40N6O4S/c29-28(30)34-16-8-9-21(20-34)19-31-26(35)18-25(27(36)33-14-6-2-1-3-7-15-33)32-39(37,38)24-13-12-22-10-4-5-11-23(22)17-24/h4-5,10-13,17,21,25,32H,1-3,6-9,14-16,18-20H2,(H3,29,30)(H,31,35)/t21-,25+/m1/s1. The van der Waals surface area contributed by atoms with Gasteiger partial charge in [-0.3, -0.25) is 15.0 Å². The highest BCUT2D eigenvalue weighted by Crippen LogP contribution is 2.20. The van der Waals surface area contributed by atoms with Crippen LogP contribution in [0.15, 0.2) is 47.4 Å². The number of fused-ring (bicyclic) bond motifs is 1. The molecule has 0 aromatic heterocycles. The minimum Gasteiger partial charge on any atom is -0.370 e. The van der Waals surface area contributed by atoms with Crippen LogP contribution in [-0.2, 0) is 19.6 Å². The van der Waals surface area contributed by atoms with Crippen LogP contribution in [0.1, 0.15) is 51.4 Å². The van der Waals surface area contributed by atoms with E-state index in [1.807, 2.05) is 24.3 Å². The molecule has 2 aliphatic rings. The van der Waals surface area contributed by atoms with Crippen LogP contribution in [0.5, 0.6) is 0 Å².